The number of fused-ring (bicyclic) bond motifs is 1. The summed E-state index contributed by atoms with van der Waals surface area (Å²) < 4.78 is 1.65. The summed E-state index contributed by atoms with van der Waals surface area (Å²) in [5.41, 5.74) is 3.69. The third-order valence-corrected chi connectivity index (χ3v) is 4.81. The van der Waals surface area contributed by atoms with Crippen molar-refractivity contribution in [2.24, 2.45) is 12.0 Å². The van der Waals surface area contributed by atoms with Gasteiger partial charge in [0.05, 0.1) is 10.6 Å². The highest BCUT2D eigenvalue weighted by atomic mass is 16.6. The largest absolute Gasteiger partial charge is 0.269 e. The molecule has 0 N–H and O–H groups in total. The standard InChI is InChI=1S/C22H16N8O2/c1-28-22(24-18-9-5-6-14-23-18)21-20(19(25-28)15-7-3-2-4-8-15)26-29(27-21)16-10-12-17(13-11-16)30(31)32/h2-14H,1H3/b24-22+. The van der Waals surface area contributed by atoms with Gasteiger partial charge in [0.1, 0.15) is 11.2 Å². The van der Waals surface area contributed by atoms with Crippen molar-refractivity contribution in [1.29, 1.82) is 0 Å². The number of hydrogen-bond donors (Lipinski definition) is 0. The molecule has 0 fully saturated rings. The van der Waals surface area contributed by atoms with Crippen molar-refractivity contribution in [2.75, 3.05) is 0 Å². The molecule has 0 aliphatic rings. The van der Waals surface area contributed by atoms with Gasteiger partial charge in [0.15, 0.2) is 16.8 Å². The van der Waals surface area contributed by atoms with Crippen molar-refractivity contribution in [3.8, 4) is 16.9 Å². The molecule has 10 heteroatoms. The molecule has 32 heavy (non-hydrogen) atoms. The van der Waals surface area contributed by atoms with E-state index in [1.54, 1.807) is 36.1 Å². The third kappa shape index (κ3) is 3.49. The maximum Gasteiger partial charge on any atom is 0.269 e. The first-order chi connectivity index (χ1) is 15.6. The van der Waals surface area contributed by atoms with Crippen LogP contribution < -0.4 is 5.49 Å². The van der Waals surface area contributed by atoms with E-state index in [4.69, 9.17) is 5.10 Å². The highest BCUT2D eigenvalue weighted by Gasteiger charge is 2.17. The molecule has 10 nitrogen and oxygen atoms in total. The summed E-state index contributed by atoms with van der Waals surface area (Å²) >= 11 is 0. The lowest BCUT2D eigenvalue weighted by Crippen LogP contribution is -2.22. The molecule has 0 saturated carbocycles. The van der Waals surface area contributed by atoms with Crippen molar-refractivity contribution in [3.05, 3.63) is 94.6 Å². The molecular formula is C22H16N8O2. The molecule has 0 unspecified atom stereocenters. The Morgan fingerprint density at radius 2 is 1.59 bits per heavy atom. The molecule has 0 atom stereocenters. The number of benzene rings is 2. The van der Waals surface area contributed by atoms with Gasteiger partial charge in [-0.25, -0.2) is 14.7 Å². The van der Waals surface area contributed by atoms with Gasteiger partial charge in [0.2, 0.25) is 0 Å². The van der Waals surface area contributed by atoms with Crippen LogP contribution in [0.4, 0.5) is 11.5 Å². The van der Waals surface area contributed by atoms with Gasteiger partial charge in [-0.3, -0.25) is 10.1 Å². The van der Waals surface area contributed by atoms with E-state index in [0.717, 1.165) is 5.56 Å². The predicted molar refractivity (Wildman–Crippen MR) is 117 cm³/mol. The molecule has 3 heterocycles. The van der Waals surface area contributed by atoms with Crippen LogP contribution in [0.5, 0.6) is 0 Å². The summed E-state index contributed by atoms with van der Waals surface area (Å²) in [6.45, 7) is 0. The molecule has 0 bridgehead atoms. The molecule has 0 amide bonds. The van der Waals surface area contributed by atoms with Crippen LogP contribution >= 0.6 is 0 Å². The predicted octanol–water partition coefficient (Wildman–Crippen LogP) is 3.36. The number of nitro groups is 1. The molecule has 0 aliphatic carbocycles. The Labute approximate surface area is 181 Å². The maximum absolute atomic E-state index is 11.0. The van der Waals surface area contributed by atoms with E-state index in [2.05, 4.69) is 20.2 Å². The Balaban J connectivity index is 1.78. The van der Waals surface area contributed by atoms with Crippen molar-refractivity contribution < 1.29 is 4.92 Å². The van der Waals surface area contributed by atoms with Crippen molar-refractivity contribution in [2.45, 2.75) is 0 Å². The van der Waals surface area contributed by atoms with E-state index >= 15 is 0 Å². The number of pyridine rings is 1. The maximum atomic E-state index is 11.0. The number of hydrogen-bond acceptors (Lipinski definition) is 7. The van der Waals surface area contributed by atoms with Crippen molar-refractivity contribution in [1.82, 2.24) is 29.8 Å². The molecular weight excluding hydrogens is 408 g/mol. The first-order valence-electron chi connectivity index (χ1n) is 9.70. The number of aryl methyl sites for hydroxylation is 1. The molecule has 156 valence electrons. The fourth-order valence-electron chi connectivity index (χ4n) is 3.28. The Morgan fingerprint density at radius 3 is 2.28 bits per heavy atom. The quantitative estimate of drug-likeness (QED) is 0.323. The molecule has 3 aromatic heterocycles. The zero-order valence-corrected chi connectivity index (χ0v) is 16.9. The number of aromatic nitrogens is 6. The minimum Gasteiger partial charge on any atom is -0.258 e. The lowest BCUT2D eigenvalue weighted by atomic mass is 10.1. The van der Waals surface area contributed by atoms with Crippen LogP contribution in [0.3, 0.4) is 0 Å². The van der Waals surface area contributed by atoms with Crippen LogP contribution in [0.1, 0.15) is 0 Å². The summed E-state index contributed by atoms with van der Waals surface area (Å²) in [6, 6.07) is 21.2. The minimum absolute atomic E-state index is 0.00524. The molecule has 0 aliphatic heterocycles. The molecule has 0 radical (unpaired) electrons. The Bertz CT molecular complexity index is 1490. The zero-order chi connectivity index (χ0) is 22.1. The third-order valence-electron chi connectivity index (χ3n) is 4.81. The molecule has 2 aromatic carbocycles. The van der Waals surface area contributed by atoms with Gasteiger partial charge >= 0.3 is 0 Å². The Hall–Kier alpha value is -4.73. The SMILES string of the molecule is Cn1nc(-c2ccccc2)c2nn(-c3ccc([N+](=O)[O-])cc3)nc2/c1=N\c1ccccn1. The van der Waals surface area contributed by atoms with Gasteiger partial charge in [-0.1, -0.05) is 36.4 Å². The lowest BCUT2D eigenvalue weighted by Gasteiger charge is -2.05. The summed E-state index contributed by atoms with van der Waals surface area (Å²) in [4.78, 5) is 20.9. The van der Waals surface area contributed by atoms with Crippen LogP contribution in [0.25, 0.3) is 28.0 Å². The van der Waals surface area contributed by atoms with E-state index in [1.165, 1.54) is 16.9 Å². The second-order valence-corrected chi connectivity index (χ2v) is 6.92. The van der Waals surface area contributed by atoms with Gasteiger partial charge in [0, 0.05) is 30.9 Å². The van der Waals surface area contributed by atoms with Gasteiger partial charge < -0.3 is 0 Å². The second kappa shape index (κ2) is 7.84. The fourth-order valence-corrected chi connectivity index (χ4v) is 3.28. The van der Waals surface area contributed by atoms with E-state index in [0.29, 0.717) is 33.7 Å². The Morgan fingerprint density at radius 1 is 0.875 bits per heavy atom. The second-order valence-electron chi connectivity index (χ2n) is 6.92. The van der Waals surface area contributed by atoms with Crippen LogP contribution in [0.15, 0.2) is 84.0 Å². The highest BCUT2D eigenvalue weighted by molar-refractivity contribution is 5.88. The number of non-ortho nitro benzene ring substituents is 1. The van der Waals surface area contributed by atoms with Gasteiger partial charge in [-0.2, -0.15) is 9.90 Å². The first-order valence-corrected chi connectivity index (χ1v) is 9.70. The van der Waals surface area contributed by atoms with Gasteiger partial charge in [-0.15, -0.1) is 10.2 Å². The van der Waals surface area contributed by atoms with Crippen molar-refractivity contribution >= 4 is 22.5 Å². The number of rotatable bonds is 4. The smallest absolute Gasteiger partial charge is 0.258 e. The number of nitrogens with zero attached hydrogens (tertiary/aromatic N) is 8. The monoisotopic (exact) mass is 424 g/mol. The molecule has 0 spiro atoms. The summed E-state index contributed by atoms with van der Waals surface area (Å²) in [7, 11) is 1.79. The molecule has 5 aromatic rings. The number of nitro benzene ring substituents is 1. The van der Waals surface area contributed by atoms with Crippen molar-refractivity contribution in [3.63, 3.8) is 0 Å². The van der Waals surface area contributed by atoms with E-state index in [-0.39, 0.29) is 5.69 Å². The average Bonchev–Trinajstić information content (AvgIpc) is 3.27. The molecule has 5 rings (SSSR count). The van der Waals surface area contributed by atoms with Crippen LogP contribution in [0.2, 0.25) is 0 Å². The van der Waals surface area contributed by atoms with Crippen LogP contribution in [-0.2, 0) is 7.05 Å². The van der Waals surface area contributed by atoms with Gasteiger partial charge in [-0.05, 0) is 24.3 Å². The van der Waals surface area contributed by atoms with E-state index in [9.17, 15) is 10.1 Å². The van der Waals surface area contributed by atoms with E-state index < -0.39 is 4.92 Å². The summed E-state index contributed by atoms with van der Waals surface area (Å²) in [5.74, 6) is 0.517. The zero-order valence-electron chi connectivity index (χ0n) is 16.9. The average molecular weight is 424 g/mol. The highest BCUT2D eigenvalue weighted by Crippen LogP contribution is 2.23. The summed E-state index contributed by atoms with van der Waals surface area (Å²) in [5, 5.41) is 25.0. The molecule has 0 saturated heterocycles. The van der Waals surface area contributed by atoms with Crippen LogP contribution in [-0.4, -0.2) is 34.7 Å². The van der Waals surface area contributed by atoms with E-state index in [1.807, 2.05) is 42.5 Å². The Kier molecular flexibility index (Phi) is 4.71. The first kappa shape index (κ1) is 19.2. The minimum atomic E-state index is -0.446. The normalized spacial score (nSPS) is 11.7. The lowest BCUT2D eigenvalue weighted by molar-refractivity contribution is -0.384. The van der Waals surface area contributed by atoms with Gasteiger partial charge in [0.25, 0.3) is 5.69 Å². The summed E-state index contributed by atoms with van der Waals surface area (Å²) in [6.07, 6.45) is 1.66. The fraction of sp³-hybridized carbons (Fsp3) is 0.0455. The van der Waals surface area contributed by atoms with Crippen LogP contribution in [0, 0.1) is 10.1 Å². The topological polar surface area (TPSA) is 117 Å².